The Bertz CT molecular complexity index is 468. The van der Waals surface area contributed by atoms with E-state index in [0.29, 0.717) is 12.0 Å². The SMILES string of the molecule is OC(Cc1cc(F)cc(F)c1)C1CCC2CCCCC2C1. The van der Waals surface area contributed by atoms with Crippen molar-refractivity contribution in [2.24, 2.45) is 17.8 Å². The first-order valence-electron chi connectivity index (χ1n) is 8.25. The molecule has 3 heteroatoms. The molecule has 2 aliphatic carbocycles. The molecule has 1 aromatic carbocycles. The lowest BCUT2D eigenvalue weighted by Crippen LogP contribution is -2.34. The Balaban J connectivity index is 1.61. The second-order valence-corrected chi connectivity index (χ2v) is 6.93. The molecule has 4 atom stereocenters. The van der Waals surface area contributed by atoms with Crippen LogP contribution >= 0.6 is 0 Å². The van der Waals surface area contributed by atoms with E-state index in [-0.39, 0.29) is 5.92 Å². The van der Waals surface area contributed by atoms with Crippen LogP contribution in [0, 0.1) is 29.4 Å². The lowest BCUT2D eigenvalue weighted by molar-refractivity contribution is 0.0360. The predicted octanol–water partition coefficient (Wildman–Crippen LogP) is 4.47. The second kappa shape index (κ2) is 6.43. The van der Waals surface area contributed by atoms with Crippen LogP contribution in [0.4, 0.5) is 8.78 Å². The normalized spacial score (nSPS) is 30.7. The molecule has 0 aliphatic heterocycles. The number of halogens is 2. The molecule has 1 nitrogen and oxygen atoms in total. The summed E-state index contributed by atoms with van der Waals surface area (Å²) in [4.78, 5) is 0. The summed E-state index contributed by atoms with van der Waals surface area (Å²) in [5.74, 6) is 0.780. The molecule has 2 fully saturated rings. The van der Waals surface area contributed by atoms with E-state index in [1.165, 1.54) is 44.2 Å². The third kappa shape index (κ3) is 3.63. The highest BCUT2D eigenvalue weighted by Crippen LogP contribution is 2.43. The van der Waals surface area contributed by atoms with Crippen LogP contribution < -0.4 is 0 Å². The van der Waals surface area contributed by atoms with E-state index in [4.69, 9.17) is 0 Å². The minimum absolute atomic E-state index is 0.288. The Kier molecular flexibility index (Phi) is 4.58. The minimum Gasteiger partial charge on any atom is -0.392 e. The molecule has 116 valence electrons. The highest BCUT2D eigenvalue weighted by atomic mass is 19.1. The van der Waals surface area contributed by atoms with E-state index in [2.05, 4.69) is 0 Å². The molecule has 0 bridgehead atoms. The lowest BCUT2D eigenvalue weighted by atomic mass is 9.66. The summed E-state index contributed by atoms with van der Waals surface area (Å²) in [6, 6.07) is 3.54. The van der Waals surface area contributed by atoms with Crippen molar-refractivity contribution in [1.82, 2.24) is 0 Å². The molecule has 0 saturated heterocycles. The summed E-state index contributed by atoms with van der Waals surface area (Å²) in [7, 11) is 0. The molecule has 0 radical (unpaired) electrons. The van der Waals surface area contributed by atoms with E-state index in [0.717, 1.165) is 30.7 Å². The smallest absolute Gasteiger partial charge is 0.126 e. The second-order valence-electron chi connectivity index (χ2n) is 6.93. The van der Waals surface area contributed by atoms with Crippen molar-refractivity contribution < 1.29 is 13.9 Å². The number of hydrogen-bond acceptors (Lipinski definition) is 1. The summed E-state index contributed by atoms with van der Waals surface area (Å²) >= 11 is 0. The van der Waals surface area contributed by atoms with Gasteiger partial charge in [-0.25, -0.2) is 8.78 Å². The standard InChI is InChI=1S/C18H24F2O/c19-16-7-12(8-17(20)11-16)9-18(21)15-6-5-13-3-1-2-4-14(13)10-15/h7-8,11,13-15,18,21H,1-6,9-10H2. The quantitative estimate of drug-likeness (QED) is 0.871. The van der Waals surface area contributed by atoms with Crippen LogP contribution in [0.1, 0.15) is 50.5 Å². The van der Waals surface area contributed by atoms with Crippen LogP contribution in [0.5, 0.6) is 0 Å². The maximum atomic E-state index is 13.2. The van der Waals surface area contributed by atoms with Gasteiger partial charge in [-0.2, -0.15) is 0 Å². The molecule has 3 rings (SSSR count). The Morgan fingerprint density at radius 3 is 2.33 bits per heavy atom. The van der Waals surface area contributed by atoms with Crippen molar-refractivity contribution in [2.45, 2.75) is 57.5 Å². The van der Waals surface area contributed by atoms with Gasteiger partial charge < -0.3 is 5.11 Å². The van der Waals surface area contributed by atoms with Gasteiger partial charge in [0, 0.05) is 6.07 Å². The van der Waals surface area contributed by atoms with Gasteiger partial charge in [-0.15, -0.1) is 0 Å². The Hall–Kier alpha value is -0.960. The minimum atomic E-state index is -0.562. The number of fused-ring (bicyclic) bond motifs is 1. The number of aliphatic hydroxyl groups is 1. The van der Waals surface area contributed by atoms with Crippen molar-refractivity contribution >= 4 is 0 Å². The van der Waals surface area contributed by atoms with Gasteiger partial charge in [-0.3, -0.25) is 0 Å². The summed E-state index contributed by atoms with van der Waals surface area (Å²) < 4.78 is 26.4. The third-order valence-electron chi connectivity index (χ3n) is 5.49. The predicted molar refractivity (Wildman–Crippen MR) is 78.9 cm³/mol. The van der Waals surface area contributed by atoms with Crippen LogP contribution in [0.25, 0.3) is 0 Å². The first-order valence-corrected chi connectivity index (χ1v) is 8.25. The highest BCUT2D eigenvalue weighted by Gasteiger charge is 2.34. The molecule has 0 amide bonds. The molecule has 4 unspecified atom stereocenters. The van der Waals surface area contributed by atoms with E-state index in [1.54, 1.807) is 0 Å². The zero-order valence-electron chi connectivity index (χ0n) is 12.4. The Labute approximate surface area is 125 Å². The zero-order valence-corrected chi connectivity index (χ0v) is 12.4. The van der Waals surface area contributed by atoms with E-state index in [9.17, 15) is 13.9 Å². The van der Waals surface area contributed by atoms with Gasteiger partial charge in [0.15, 0.2) is 0 Å². The van der Waals surface area contributed by atoms with Gasteiger partial charge in [0.1, 0.15) is 11.6 Å². The summed E-state index contributed by atoms with van der Waals surface area (Å²) in [6.45, 7) is 0. The van der Waals surface area contributed by atoms with Crippen molar-refractivity contribution in [3.63, 3.8) is 0 Å². The van der Waals surface area contributed by atoms with E-state index < -0.39 is 17.7 Å². The van der Waals surface area contributed by atoms with Crippen molar-refractivity contribution in [3.05, 3.63) is 35.4 Å². The fraction of sp³-hybridized carbons (Fsp3) is 0.667. The van der Waals surface area contributed by atoms with Crippen molar-refractivity contribution in [1.29, 1.82) is 0 Å². The van der Waals surface area contributed by atoms with Crippen LogP contribution in [0.3, 0.4) is 0 Å². The molecule has 2 saturated carbocycles. The van der Waals surface area contributed by atoms with Crippen LogP contribution in [0.2, 0.25) is 0 Å². The molecule has 0 spiro atoms. The molecule has 1 N–H and O–H groups in total. The number of benzene rings is 1. The monoisotopic (exact) mass is 294 g/mol. The zero-order chi connectivity index (χ0) is 14.8. The van der Waals surface area contributed by atoms with Gasteiger partial charge >= 0.3 is 0 Å². The van der Waals surface area contributed by atoms with Crippen LogP contribution in [-0.4, -0.2) is 11.2 Å². The first kappa shape index (κ1) is 15.0. The van der Waals surface area contributed by atoms with Crippen LogP contribution in [-0.2, 0) is 6.42 Å². The maximum absolute atomic E-state index is 13.2. The highest BCUT2D eigenvalue weighted by molar-refractivity contribution is 5.18. The summed E-state index contributed by atoms with van der Waals surface area (Å²) in [5, 5.41) is 10.5. The van der Waals surface area contributed by atoms with Gasteiger partial charge in [0.05, 0.1) is 6.10 Å². The molecule has 0 heterocycles. The molecule has 2 aliphatic rings. The topological polar surface area (TPSA) is 20.2 Å². The van der Waals surface area contributed by atoms with Gasteiger partial charge in [-0.1, -0.05) is 25.7 Å². The third-order valence-corrected chi connectivity index (χ3v) is 5.49. The van der Waals surface area contributed by atoms with E-state index in [1.807, 2.05) is 0 Å². The van der Waals surface area contributed by atoms with Gasteiger partial charge in [0.2, 0.25) is 0 Å². The number of rotatable bonds is 3. The number of aliphatic hydroxyl groups excluding tert-OH is 1. The van der Waals surface area contributed by atoms with Crippen molar-refractivity contribution in [3.8, 4) is 0 Å². The fourth-order valence-electron chi connectivity index (χ4n) is 4.40. The Morgan fingerprint density at radius 1 is 0.952 bits per heavy atom. The average molecular weight is 294 g/mol. The largest absolute Gasteiger partial charge is 0.392 e. The molecule has 1 aromatic rings. The maximum Gasteiger partial charge on any atom is 0.126 e. The first-order chi connectivity index (χ1) is 10.1. The molecule has 21 heavy (non-hydrogen) atoms. The lowest BCUT2D eigenvalue weighted by Gasteiger charge is -2.40. The molecule has 0 aromatic heterocycles. The summed E-state index contributed by atoms with van der Waals surface area (Å²) in [5.41, 5.74) is 0.561. The fourth-order valence-corrected chi connectivity index (χ4v) is 4.40. The average Bonchev–Trinajstić information content (AvgIpc) is 2.45. The van der Waals surface area contributed by atoms with Gasteiger partial charge in [0.25, 0.3) is 0 Å². The van der Waals surface area contributed by atoms with E-state index >= 15 is 0 Å². The Morgan fingerprint density at radius 2 is 1.62 bits per heavy atom. The van der Waals surface area contributed by atoms with Gasteiger partial charge in [-0.05, 0) is 61.1 Å². The number of hydrogen-bond donors (Lipinski definition) is 1. The molecular weight excluding hydrogens is 270 g/mol. The molecular formula is C18H24F2O. The van der Waals surface area contributed by atoms with Crippen molar-refractivity contribution in [2.75, 3.05) is 0 Å². The van der Waals surface area contributed by atoms with Crippen LogP contribution in [0.15, 0.2) is 18.2 Å². The summed E-state index contributed by atoms with van der Waals surface area (Å²) in [6.07, 6.45) is 8.56.